The maximum atomic E-state index is 12.7. The highest BCUT2D eigenvalue weighted by Gasteiger charge is 2.19. The van der Waals surface area contributed by atoms with E-state index in [1.165, 1.54) is 22.7 Å². The van der Waals surface area contributed by atoms with Crippen molar-refractivity contribution >= 4 is 10.0 Å². The van der Waals surface area contributed by atoms with Crippen molar-refractivity contribution in [2.75, 3.05) is 12.8 Å². The fourth-order valence-electron chi connectivity index (χ4n) is 1.70. The van der Waals surface area contributed by atoms with Crippen LogP contribution >= 0.6 is 0 Å². The molecule has 0 amide bonds. The van der Waals surface area contributed by atoms with Gasteiger partial charge in [0.25, 0.3) is 0 Å². The quantitative estimate of drug-likeness (QED) is 0.811. The van der Waals surface area contributed by atoms with E-state index in [-0.39, 0.29) is 11.9 Å². The van der Waals surface area contributed by atoms with Crippen LogP contribution in [0.25, 0.3) is 0 Å². The summed E-state index contributed by atoms with van der Waals surface area (Å²) >= 11 is 0. The maximum Gasteiger partial charge on any atom is 0.211 e. The monoisotopic (exact) mass is 259 g/mol. The van der Waals surface area contributed by atoms with Gasteiger partial charge in [0, 0.05) is 12.6 Å². The molecule has 0 fully saturated rings. The zero-order chi connectivity index (χ0) is 13.1. The first-order valence-corrected chi connectivity index (χ1v) is 7.37. The molecule has 1 aromatic rings. The molecule has 0 aliphatic heterocycles. The standard InChI is InChI=1S/C12H18FNO2S/c1-10(2)14(17(3,15)16)9-8-11-4-6-12(13)7-5-11/h4-7,10H,8-9H2,1-3H3. The molecule has 1 rings (SSSR count). The molecule has 0 heterocycles. The predicted molar refractivity (Wildman–Crippen MR) is 66.8 cm³/mol. The Morgan fingerprint density at radius 1 is 1.24 bits per heavy atom. The van der Waals surface area contributed by atoms with Gasteiger partial charge in [0.1, 0.15) is 5.82 Å². The summed E-state index contributed by atoms with van der Waals surface area (Å²) in [4.78, 5) is 0. The predicted octanol–water partition coefficient (Wildman–Crippen LogP) is 2.04. The molecule has 0 aromatic heterocycles. The molecule has 96 valence electrons. The van der Waals surface area contributed by atoms with E-state index in [9.17, 15) is 12.8 Å². The van der Waals surface area contributed by atoms with Crippen molar-refractivity contribution < 1.29 is 12.8 Å². The van der Waals surface area contributed by atoms with Gasteiger partial charge in [0.2, 0.25) is 10.0 Å². The Morgan fingerprint density at radius 3 is 2.18 bits per heavy atom. The fraction of sp³-hybridized carbons (Fsp3) is 0.500. The van der Waals surface area contributed by atoms with E-state index in [0.29, 0.717) is 13.0 Å². The normalized spacial score (nSPS) is 12.4. The minimum absolute atomic E-state index is 0.0644. The van der Waals surface area contributed by atoms with Gasteiger partial charge in [0.05, 0.1) is 6.26 Å². The topological polar surface area (TPSA) is 37.4 Å². The minimum Gasteiger partial charge on any atom is -0.212 e. The highest BCUT2D eigenvalue weighted by Crippen LogP contribution is 2.09. The van der Waals surface area contributed by atoms with Crippen LogP contribution in [-0.2, 0) is 16.4 Å². The second-order valence-corrected chi connectivity index (χ2v) is 6.28. The lowest BCUT2D eigenvalue weighted by molar-refractivity contribution is 0.360. The molecule has 0 aliphatic carbocycles. The molecule has 0 N–H and O–H groups in total. The van der Waals surface area contributed by atoms with Gasteiger partial charge in [-0.1, -0.05) is 12.1 Å². The Kier molecular flexibility index (Phi) is 4.65. The number of benzene rings is 1. The van der Waals surface area contributed by atoms with E-state index in [1.807, 2.05) is 13.8 Å². The third-order valence-electron chi connectivity index (χ3n) is 2.54. The molecule has 0 bridgehead atoms. The van der Waals surface area contributed by atoms with E-state index in [0.717, 1.165) is 5.56 Å². The van der Waals surface area contributed by atoms with Crippen LogP contribution in [0.5, 0.6) is 0 Å². The number of nitrogens with zero attached hydrogens (tertiary/aromatic N) is 1. The summed E-state index contributed by atoms with van der Waals surface area (Å²) in [6.07, 6.45) is 1.79. The van der Waals surface area contributed by atoms with Crippen molar-refractivity contribution in [2.24, 2.45) is 0 Å². The van der Waals surface area contributed by atoms with E-state index < -0.39 is 10.0 Å². The summed E-state index contributed by atoms with van der Waals surface area (Å²) in [7, 11) is -3.18. The van der Waals surface area contributed by atoms with Crippen molar-refractivity contribution in [3.8, 4) is 0 Å². The minimum atomic E-state index is -3.18. The molecule has 1 aromatic carbocycles. The zero-order valence-electron chi connectivity index (χ0n) is 10.4. The Morgan fingerprint density at radius 2 is 1.76 bits per heavy atom. The highest BCUT2D eigenvalue weighted by molar-refractivity contribution is 7.88. The summed E-state index contributed by atoms with van der Waals surface area (Å²) in [6, 6.07) is 6.06. The molecular formula is C12H18FNO2S. The van der Waals surface area contributed by atoms with Crippen molar-refractivity contribution in [2.45, 2.75) is 26.3 Å². The van der Waals surface area contributed by atoms with Crippen LogP contribution in [0.3, 0.4) is 0 Å². The van der Waals surface area contributed by atoms with E-state index >= 15 is 0 Å². The molecule has 0 radical (unpaired) electrons. The second-order valence-electron chi connectivity index (χ2n) is 4.34. The average molecular weight is 259 g/mol. The Bertz CT molecular complexity index is 454. The van der Waals surface area contributed by atoms with Gasteiger partial charge in [-0.15, -0.1) is 0 Å². The number of sulfonamides is 1. The lowest BCUT2D eigenvalue weighted by Crippen LogP contribution is -2.37. The van der Waals surface area contributed by atoms with Crippen molar-refractivity contribution in [3.63, 3.8) is 0 Å². The summed E-state index contributed by atoms with van der Waals surface area (Å²) in [6.45, 7) is 4.10. The van der Waals surface area contributed by atoms with Gasteiger partial charge in [-0.2, -0.15) is 4.31 Å². The molecule has 3 nitrogen and oxygen atoms in total. The van der Waals surface area contributed by atoms with Crippen LogP contribution < -0.4 is 0 Å². The second kappa shape index (κ2) is 5.60. The van der Waals surface area contributed by atoms with Gasteiger partial charge >= 0.3 is 0 Å². The summed E-state index contributed by atoms with van der Waals surface area (Å²) in [5.41, 5.74) is 0.931. The van der Waals surface area contributed by atoms with Gasteiger partial charge in [-0.3, -0.25) is 0 Å². The van der Waals surface area contributed by atoms with Crippen LogP contribution in [0.2, 0.25) is 0 Å². The number of halogens is 1. The Balaban J connectivity index is 2.68. The van der Waals surface area contributed by atoms with Crippen LogP contribution in [0, 0.1) is 5.82 Å². The maximum absolute atomic E-state index is 12.7. The molecule has 0 aliphatic rings. The van der Waals surface area contributed by atoms with Crippen LogP contribution in [0.4, 0.5) is 4.39 Å². The van der Waals surface area contributed by atoms with Crippen LogP contribution in [0.15, 0.2) is 24.3 Å². The van der Waals surface area contributed by atoms with E-state index in [1.54, 1.807) is 12.1 Å². The van der Waals surface area contributed by atoms with Crippen LogP contribution in [0.1, 0.15) is 19.4 Å². The first kappa shape index (κ1) is 14.1. The molecule has 5 heteroatoms. The van der Waals surface area contributed by atoms with Gasteiger partial charge in [-0.05, 0) is 38.0 Å². The third kappa shape index (κ3) is 4.44. The van der Waals surface area contributed by atoms with Gasteiger partial charge in [0.15, 0.2) is 0 Å². The van der Waals surface area contributed by atoms with Crippen molar-refractivity contribution in [3.05, 3.63) is 35.6 Å². The van der Waals surface area contributed by atoms with Crippen LogP contribution in [-0.4, -0.2) is 31.6 Å². The summed E-state index contributed by atoms with van der Waals surface area (Å²) < 4.78 is 37.2. The largest absolute Gasteiger partial charge is 0.212 e. The first-order valence-electron chi connectivity index (χ1n) is 5.52. The van der Waals surface area contributed by atoms with Gasteiger partial charge < -0.3 is 0 Å². The number of hydrogen-bond donors (Lipinski definition) is 0. The SMILES string of the molecule is CC(C)N(CCc1ccc(F)cc1)S(C)(=O)=O. The molecular weight excluding hydrogens is 241 g/mol. The lowest BCUT2D eigenvalue weighted by Gasteiger charge is -2.23. The number of hydrogen-bond acceptors (Lipinski definition) is 2. The van der Waals surface area contributed by atoms with Gasteiger partial charge in [-0.25, -0.2) is 12.8 Å². The Labute approximate surface area is 102 Å². The zero-order valence-corrected chi connectivity index (χ0v) is 11.2. The molecule has 0 spiro atoms. The number of rotatable bonds is 5. The molecule has 0 atom stereocenters. The smallest absolute Gasteiger partial charge is 0.211 e. The van der Waals surface area contributed by atoms with E-state index in [4.69, 9.17) is 0 Å². The molecule has 0 saturated carbocycles. The summed E-state index contributed by atoms with van der Waals surface area (Å²) in [5, 5.41) is 0. The van der Waals surface area contributed by atoms with E-state index in [2.05, 4.69) is 0 Å². The summed E-state index contributed by atoms with van der Waals surface area (Å²) in [5.74, 6) is -0.280. The lowest BCUT2D eigenvalue weighted by atomic mass is 10.1. The third-order valence-corrected chi connectivity index (χ3v) is 3.99. The van der Waals surface area contributed by atoms with Crippen molar-refractivity contribution in [1.82, 2.24) is 4.31 Å². The molecule has 0 saturated heterocycles. The Hall–Kier alpha value is -0.940. The highest BCUT2D eigenvalue weighted by atomic mass is 32.2. The van der Waals surface area contributed by atoms with Crippen molar-refractivity contribution in [1.29, 1.82) is 0 Å². The average Bonchev–Trinajstić information content (AvgIpc) is 2.18. The first-order chi connectivity index (χ1) is 7.80. The molecule has 17 heavy (non-hydrogen) atoms. The fourth-order valence-corrected chi connectivity index (χ4v) is 2.89. The molecule has 0 unspecified atom stereocenters.